The van der Waals surface area contributed by atoms with Crippen LogP contribution in [0.1, 0.15) is 47.2 Å². The molecule has 10 aromatic rings. The SMILES string of the molecule is CC1(C)c2ccccc2C2(c3ccccc3-c3ccccc32)c2ccc(-c3cccc(-c4nc(-c5cccc(-c6ccccc6)c5)nc(-c5cccc(-c6ccccc6)c5)n4)c3)cc21. The van der Waals surface area contributed by atoms with Gasteiger partial charge < -0.3 is 0 Å². The van der Waals surface area contributed by atoms with Gasteiger partial charge in [0.25, 0.3) is 0 Å². The molecule has 1 heterocycles. The quantitative estimate of drug-likeness (QED) is 0.168. The molecule has 0 fully saturated rings. The highest BCUT2D eigenvalue weighted by Crippen LogP contribution is 2.62. The Balaban J connectivity index is 1.01. The topological polar surface area (TPSA) is 38.7 Å². The summed E-state index contributed by atoms with van der Waals surface area (Å²) in [5.41, 5.74) is 19.6. The van der Waals surface area contributed by atoms with Crippen molar-refractivity contribution in [2.75, 3.05) is 0 Å². The lowest BCUT2D eigenvalue weighted by molar-refractivity contribution is 0.563. The molecule has 0 radical (unpaired) electrons. The average Bonchev–Trinajstić information content (AvgIpc) is 3.67. The van der Waals surface area contributed by atoms with Gasteiger partial charge in [-0.25, -0.2) is 15.0 Å². The smallest absolute Gasteiger partial charge is 0.164 e. The Morgan fingerprint density at radius 1 is 0.250 bits per heavy atom. The second-order valence-electron chi connectivity index (χ2n) is 17.6. The van der Waals surface area contributed by atoms with E-state index in [0.29, 0.717) is 17.5 Å². The standard InChI is InChI=1S/C61H43N3/c1-60(2)53-32-13-14-33-54(53)61(51-30-11-9-28-49(51)50-29-10-12-31-52(50)61)55-35-34-45(39-56(55)60)44-24-17-27-48(38-44)59-63-57(46-25-15-22-42(36-46)40-18-5-3-6-19-40)62-58(64-59)47-26-16-23-43(37-47)41-20-7-4-8-21-41/h3-39H,1-2H3. The molecule has 1 aromatic heterocycles. The number of rotatable bonds is 6. The molecular formula is C61H43N3. The van der Waals surface area contributed by atoms with E-state index in [1.165, 1.54) is 44.5 Å². The van der Waals surface area contributed by atoms with Gasteiger partial charge in [0, 0.05) is 22.1 Å². The van der Waals surface area contributed by atoms with Crippen LogP contribution in [0.5, 0.6) is 0 Å². The monoisotopic (exact) mass is 817 g/mol. The lowest BCUT2D eigenvalue weighted by atomic mass is 9.55. The third-order valence-corrected chi connectivity index (χ3v) is 13.6. The van der Waals surface area contributed by atoms with E-state index in [0.717, 1.165) is 50.1 Å². The van der Waals surface area contributed by atoms with E-state index in [9.17, 15) is 0 Å². The summed E-state index contributed by atoms with van der Waals surface area (Å²) in [5, 5.41) is 0. The number of fused-ring (bicyclic) bond motifs is 9. The van der Waals surface area contributed by atoms with Crippen LogP contribution in [0.4, 0.5) is 0 Å². The summed E-state index contributed by atoms with van der Waals surface area (Å²) in [6, 6.07) is 80.9. The number of hydrogen-bond acceptors (Lipinski definition) is 3. The van der Waals surface area contributed by atoms with Crippen LogP contribution in [0.2, 0.25) is 0 Å². The van der Waals surface area contributed by atoms with Crippen LogP contribution in [-0.4, -0.2) is 15.0 Å². The lowest BCUT2D eigenvalue weighted by Crippen LogP contribution is -2.40. The molecule has 1 spiro atoms. The molecule has 2 aliphatic carbocycles. The first-order valence-corrected chi connectivity index (χ1v) is 22.1. The van der Waals surface area contributed by atoms with Crippen LogP contribution in [0.15, 0.2) is 224 Å². The van der Waals surface area contributed by atoms with Crippen LogP contribution in [0.25, 0.3) is 78.7 Å². The van der Waals surface area contributed by atoms with E-state index in [1.807, 2.05) is 12.1 Å². The summed E-state index contributed by atoms with van der Waals surface area (Å²) < 4.78 is 0. The number of benzene rings is 9. The van der Waals surface area contributed by atoms with Gasteiger partial charge in [0.1, 0.15) is 0 Å². The van der Waals surface area contributed by atoms with Crippen molar-refractivity contribution in [3.05, 3.63) is 258 Å². The zero-order chi connectivity index (χ0) is 42.8. The third-order valence-electron chi connectivity index (χ3n) is 13.6. The van der Waals surface area contributed by atoms with Crippen LogP contribution in [-0.2, 0) is 10.8 Å². The van der Waals surface area contributed by atoms with E-state index in [4.69, 9.17) is 15.0 Å². The Bertz CT molecular complexity index is 3270. The second-order valence-corrected chi connectivity index (χ2v) is 17.6. The predicted octanol–water partition coefficient (Wildman–Crippen LogP) is 14.9. The largest absolute Gasteiger partial charge is 0.208 e. The van der Waals surface area contributed by atoms with Crippen molar-refractivity contribution in [1.82, 2.24) is 15.0 Å². The van der Waals surface area contributed by atoms with Gasteiger partial charge in [-0.15, -0.1) is 0 Å². The number of nitrogens with zero attached hydrogens (tertiary/aromatic N) is 3. The van der Waals surface area contributed by atoms with Gasteiger partial charge in [-0.2, -0.15) is 0 Å². The molecule has 9 aromatic carbocycles. The summed E-state index contributed by atoms with van der Waals surface area (Å²) in [7, 11) is 0. The van der Waals surface area contributed by atoms with Crippen molar-refractivity contribution in [1.29, 1.82) is 0 Å². The molecule has 302 valence electrons. The van der Waals surface area contributed by atoms with Crippen molar-refractivity contribution in [2.45, 2.75) is 24.7 Å². The van der Waals surface area contributed by atoms with Crippen molar-refractivity contribution >= 4 is 0 Å². The Hall–Kier alpha value is -8.01. The van der Waals surface area contributed by atoms with Gasteiger partial charge in [-0.05, 0) is 102 Å². The summed E-state index contributed by atoms with van der Waals surface area (Å²) in [4.78, 5) is 15.6. The van der Waals surface area contributed by atoms with E-state index in [2.05, 4.69) is 226 Å². The molecular weight excluding hydrogens is 775 g/mol. The summed E-state index contributed by atoms with van der Waals surface area (Å²) >= 11 is 0. The van der Waals surface area contributed by atoms with Crippen molar-refractivity contribution in [2.24, 2.45) is 0 Å². The van der Waals surface area contributed by atoms with Gasteiger partial charge in [-0.3, -0.25) is 0 Å². The molecule has 0 aliphatic heterocycles. The van der Waals surface area contributed by atoms with E-state index in [1.54, 1.807) is 0 Å². The minimum absolute atomic E-state index is 0.252. The normalized spacial score (nSPS) is 13.7. The Kier molecular flexibility index (Phi) is 8.74. The Morgan fingerprint density at radius 2 is 0.594 bits per heavy atom. The first-order chi connectivity index (χ1) is 31.5. The number of hydrogen-bond donors (Lipinski definition) is 0. The van der Waals surface area contributed by atoms with Gasteiger partial charge in [0.05, 0.1) is 5.41 Å². The summed E-state index contributed by atoms with van der Waals surface area (Å²) in [6.07, 6.45) is 0. The summed E-state index contributed by atoms with van der Waals surface area (Å²) in [5.74, 6) is 1.89. The molecule has 0 atom stereocenters. The fraction of sp³-hybridized carbons (Fsp3) is 0.0656. The molecule has 2 aliphatic rings. The highest BCUT2D eigenvalue weighted by molar-refractivity contribution is 5.89. The maximum Gasteiger partial charge on any atom is 0.164 e. The minimum Gasteiger partial charge on any atom is -0.208 e. The molecule has 3 heteroatoms. The molecule has 0 saturated carbocycles. The first kappa shape index (κ1) is 37.7. The van der Waals surface area contributed by atoms with Crippen LogP contribution in [0.3, 0.4) is 0 Å². The van der Waals surface area contributed by atoms with Crippen molar-refractivity contribution in [3.63, 3.8) is 0 Å². The lowest BCUT2D eigenvalue weighted by Gasteiger charge is -2.46. The van der Waals surface area contributed by atoms with Gasteiger partial charge >= 0.3 is 0 Å². The van der Waals surface area contributed by atoms with Gasteiger partial charge in [0.15, 0.2) is 17.5 Å². The van der Waals surface area contributed by atoms with E-state index >= 15 is 0 Å². The predicted molar refractivity (Wildman–Crippen MR) is 262 cm³/mol. The maximum atomic E-state index is 5.24. The van der Waals surface area contributed by atoms with Crippen molar-refractivity contribution < 1.29 is 0 Å². The Labute approximate surface area is 374 Å². The molecule has 0 unspecified atom stereocenters. The van der Waals surface area contributed by atoms with Crippen LogP contribution >= 0.6 is 0 Å². The zero-order valence-electron chi connectivity index (χ0n) is 35.7. The molecule has 64 heavy (non-hydrogen) atoms. The van der Waals surface area contributed by atoms with Crippen LogP contribution < -0.4 is 0 Å². The number of aromatic nitrogens is 3. The molecule has 3 nitrogen and oxygen atoms in total. The average molecular weight is 818 g/mol. The fourth-order valence-electron chi connectivity index (χ4n) is 10.6. The van der Waals surface area contributed by atoms with E-state index in [-0.39, 0.29) is 5.41 Å². The molecule has 0 saturated heterocycles. The molecule has 12 rings (SSSR count). The first-order valence-electron chi connectivity index (χ1n) is 22.1. The zero-order valence-corrected chi connectivity index (χ0v) is 35.7. The minimum atomic E-state index is -0.428. The highest BCUT2D eigenvalue weighted by atomic mass is 15.0. The van der Waals surface area contributed by atoms with Crippen molar-refractivity contribution in [3.8, 4) is 78.7 Å². The molecule has 0 bridgehead atoms. The van der Waals surface area contributed by atoms with E-state index < -0.39 is 5.41 Å². The second kappa shape index (κ2) is 14.8. The molecule has 0 amide bonds. The van der Waals surface area contributed by atoms with Gasteiger partial charge in [-0.1, -0.05) is 214 Å². The molecule has 0 N–H and O–H groups in total. The van der Waals surface area contributed by atoms with Crippen LogP contribution in [0, 0.1) is 0 Å². The maximum absolute atomic E-state index is 5.24. The fourth-order valence-corrected chi connectivity index (χ4v) is 10.6. The van der Waals surface area contributed by atoms with Gasteiger partial charge in [0.2, 0.25) is 0 Å². The Morgan fingerprint density at radius 3 is 1.08 bits per heavy atom. The summed E-state index contributed by atoms with van der Waals surface area (Å²) in [6.45, 7) is 4.77. The highest BCUT2D eigenvalue weighted by Gasteiger charge is 2.53. The third kappa shape index (κ3) is 5.92.